The van der Waals surface area contributed by atoms with E-state index in [1.54, 1.807) is 19.2 Å². The quantitative estimate of drug-likeness (QED) is 0.639. The lowest BCUT2D eigenvalue weighted by atomic mass is 9.97. The number of hydrogen-bond acceptors (Lipinski definition) is 5. The van der Waals surface area contributed by atoms with E-state index in [-0.39, 0.29) is 10.6 Å². The molecule has 1 fully saturated rings. The van der Waals surface area contributed by atoms with Crippen LogP contribution >= 0.6 is 0 Å². The number of hydrogen-bond donors (Lipinski definition) is 2. The van der Waals surface area contributed by atoms with E-state index in [1.165, 1.54) is 0 Å². The summed E-state index contributed by atoms with van der Waals surface area (Å²) in [6, 6.07) is 5.32. The largest absolute Gasteiger partial charge is 0.382 e. The number of likely N-dealkylation sites (tertiary alicyclic amines) is 1. The van der Waals surface area contributed by atoms with Gasteiger partial charge in [-0.1, -0.05) is 6.07 Å². The number of piperidine rings is 1. The summed E-state index contributed by atoms with van der Waals surface area (Å²) in [6.07, 6.45) is 2.28. The van der Waals surface area contributed by atoms with Crippen molar-refractivity contribution in [2.75, 3.05) is 44.4 Å². The minimum absolute atomic E-state index is 0.128. The van der Waals surface area contributed by atoms with Gasteiger partial charge in [0.15, 0.2) is 0 Å². The summed E-state index contributed by atoms with van der Waals surface area (Å²) in [5.74, 6) is 0.587. The van der Waals surface area contributed by atoms with E-state index in [0.29, 0.717) is 17.3 Å². The van der Waals surface area contributed by atoms with Gasteiger partial charge in [-0.05, 0) is 51.0 Å². The average molecular weight is 278 g/mol. The highest BCUT2D eigenvalue weighted by Crippen LogP contribution is 2.32. The van der Waals surface area contributed by atoms with Gasteiger partial charge in [0.05, 0.1) is 4.92 Å². The van der Waals surface area contributed by atoms with Crippen molar-refractivity contribution in [2.45, 2.75) is 12.8 Å². The third-order valence-corrected chi connectivity index (χ3v) is 3.91. The zero-order chi connectivity index (χ0) is 14.5. The maximum Gasteiger partial charge on any atom is 0.315 e. The fourth-order valence-corrected chi connectivity index (χ4v) is 2.61. The number of nitro groups is 1. The van der Waals surface area contributed by atoms with Crippen molar-refractivity contribution in [3.05, 3.63) is 28.3 Å². The number of nitrogens with zero attached hydrogens (tertiary/aromatic N) is 2. The van der Waals surface area contributed by atoms with Crippen molar-refractivity contribution in [1.82, 2.24) is 4.90 Å². The first-order valence-corrected chi connectivity index (χ1v) is 6.99. The maximum absolute atomic E-state index is 11.2. The van der Waals surface area contributed by atoms with Gasteiger partial charge in [-0.3, -0.25) is 10.1 Å². The Labute approximate surface area is 119 Å². The van der Waals surface area contributed by atoms with Crippen LogP contribution in [0.4, 0.5) is 17.1 Å². The van der Waals surface area contributed by atoms with E-state index in [0.717, 1.165) is 32.5 Å². The Bertz CT molecular complexity index is 470. The monoisotopic (exact) mass is 278 g/mol. The zero-order valence-electron chi connectivity index (χ0n) is 12.1. The van der Waals surface area contributed by atoms with Crippen molar-refractivity contribution < 1.29 is 4.92 Å². The summed E-state index contributed by atoms with van der Waals surface area (Å²) in [6.45, 7) is 3.00. The topological polar surface area (TPSA) is 70.4 Å². The number of para-hydroxylation sites is 1. The normalized spacial score (nSPS) is 16.9. The molecule has 0 aliphatic carbocycles. The van der Waals surface area contributed by atoms with Crippen molar-refractivity contribution in [1.29, 1.82) is 0 Å². The third kappa shape index (κ3) is 3.39. The lowest BCUT2D eigenvalue weighted by molar-refractivity contribution is -0.383. The van der Waals surface area contributed by atoms with Crippen LogP contribution in [0.5, 0.6) is 0 Å². The minimum atomic E-state index is -0.331. The smallest absolute Gasteiger partial charge is 0.315 e. The molecule has 0 atom stereocenters. The van der Waals surface area contributed by atoms with E-state index in [9.17, 15) is 10.1 Å². The molecule has 1 aromatic carbocycles. The van der Waals surface area contributed by atoms with Crippen molar-refractivity contribution in [2.24, 2.45) is 5.92 Å². The molecule has 6 nitrogen and oxygen atoms in total. The van der Waals surface area contributed by atoms with Gasteiger partial charge in [-0.15, -0.1) is 0 Å². The highest BCUT2D eigenvalue weighted by Gasteiger charge is 2.21. The molecule has 1 heterocycles. The lowest BCUT2D eigenvalue weighted by Gasteiger charge is -2.29. The Morgan fingerprint density at radius 3 is 2.60 bits per heavy atom. The minimum Gasteiger partial charge on any atom is -0.382 e. The molecule has 2 N–H and O–H groups in total. The first kappa shape index (κ1) is 14.6. The van der Waals surface area contributed by atoms with Crippen molar-refractivity contribution in [3.63, 3.8) is 0 Å². The number of nitro benzene ring substituents is 1. The van der Waals surface area contributed by atoms with Gasteiger partial charge in [0.1, 0.15) is 11.4 Å². The molecule has 0 bridgehead atoms. The Hall–Kier alpha value is -1.82. The van der Waals surface area contributed by atoms with Gasteiger partial charge in [-0.25, -0.2) is 0 Å². The van der Waals surface area contributed by atoms with Crippen LogP contribution in [0.25, 0.3) is 0 Å². The molecule has 6 heteroatoms. The predicted molar refractivity (Wildman–Crippen MR) is 81.4 cm³/mol. The lowest BCUT2D eigenvalue weighted by Crippen LogP contribution is -2.33. The van der Waals surface area contributed by atoms with Crippen LogP contribution in [-0.4, -0.2) is 43.6 Å². The van der Waals surface area contributed by atoms with Gasteiger partial charge < -0.3 is 15.5 Å². The van der Waals surface area contributed by atoms with Crippen LogP contribution in [0, 0.1) is 16.0 Å². The predicted octanol–water partition coefficient (Wildman–Crippen LogP) is 2.39. The van der Waals surface area contributed by atoms with Crippen LogP contribution in [0.15, 0.2) is 18.2 Å². The molecule has 0 saturated carbocycles. The highest BCUT2D eigenvalue weighted by atomic mass is 16.6. The molecule has 1 aliphatic heterocycles. The summed E-state index contributed by atoms with van der Waals surface area (Å²) in [5, 5.41) is 17.3. The zero-order valence-corrected chi connectivity index (χ0v) is 12.1. The molecule has 2 rings (SSSR count). The Morgan fingerprint density at radius 2 is 2.00 bits per heavy atom. The Balaban J connectivity index is 2.04. The summed E-state index contributed by atoms with van der Waals surface area (Å²) in [5.41, 5.74) is 1.27. The molecule has 0 aromatic heterocycles. The molecule has 110 valence electrons. The van der Waals surface area contributed by atoms with Gasteiger partial charge in [-0.2, -0.15) is 0 Å². The van der Waals surface area contributed by atoms with E-state index in [4.69, 9.17) is 0 Å². The van der Waals surface area contributed by atoms with Crippen LogP contribution < -0.4 is 10.6 Å². The maximum atomic E-state index is 11.2. The molecule has 20 heavy (non-hydrogen) atoms. The molecule has 0 radical (unpaired) electrons. The third-order valence-electron chi connectivity index (χ3n) is 3.91. The molecule has 1 aliphatic rings. The standard InChI is InChI=1S/C14H22N4O2/c1-15-12-4-3-5-13(14(12)18(19)20)16-10-11-6-8-17(2)9-7-11/h3-5,11,15-16H,6-10H2,1-2H3. The first-order valence-electron chi connectivity index (χ1n) is 6.99. The van der Waals surface area contributed by atoms with Crippen LogP contribution in [-0.2, 0) is 0 Å². The molecule has 0 spiro atoms. The summed E-state index contributed by atoms with van der Waals surface area (Å²) in [4.78, 5) is 13.2. The fraction of sp³-hybridized carbons (Fsp3) is 0.571. The second-order valence-corrected chi connectivity index (χ2v) is 5.34. The Kier molecular flexibility index (Phi) is 4.79. The second-order valence-electron chi connectivity index (χ2n) is 5.34. The molecule has 1 saturated heterocycles. The number of benzene rings is 1. The van der Waals surface area contributed by atoms with Gasteiger partial charge in [0, 0.05) is 13.6 Å². The SMILES string of the molecule is CNc1cccc(NCC2CCN(C)CC2)c1[N+](=O)[O-]. The Morgan fingerprint density at radius 1 is 1.35 bits per heavy atom. The summed E-state index contributed by atoms with van der Waals surface area (Å²) >= 11 is 0. The molecular weight excluding hydrogens is 256 g/mol. The molecule has 1 aromatic rings. The second kappa shape index (κ2) is 6.56. The number of nitrogens with one attached hydrogen (secondary N) is 2. The van der Waals surface area contributed by atoms with E-state index >= 15 is 0 Å². The van der Waals surface area contributed by atoms with Crippen LogP contribution in [0.1, 0.15) is 12.8 Å². The van der Waals surface area contributed by atoms with Crippen LogP contribution in [0.2, 0.25) is 0 Å². The molecule has 0 unspecified atom stereocenters. The van der Waals surface area contributed by atoms with E-state index in [2.05, 4.69) is 22.6 Å². The fourth-order valence-electron chi connectivity index (χ4n) is 2.61. The summed E-state index contributed by atoms with van der Waals surface area (Å²) in [7, 11) is 3.83. The van der Waals surface area contributed by atoms with E-state index < -0.39 is 0 Å². The van der Waals surface area contributed by atoms with Gasteiger partial charge in [0.2, 0.25) is 0 Å². The number of anilines is 2. The van der Waals surface area contributed by atoms with Crippen LogP contribution in [0.3, 0.4) is 0 Å². The van der Waals surface area contributed by atoms with E-state index in [1.807, 2.05) is 6.07 Å². The van der Waals surface area contributed by atoms with Crippen molar-refractivity contribution in [3.8, 4) is 0 Å². The molecule has 0 amide bonds. The average Bonchev–Trinajstić information content (AvgIpc) is 2.46. The molecular formula is C14H22N4O2. The highest BCUT2D eigenvalue weighted by molar-refractivity contribution is 5.75. The van der Waals surface area contributed by atoms with Crippen molar-refractivity contribution >= 4 is 17.1 Å². The first-order chi connectivity index (χ1) is 9.61. The van der Waals surface area contributed by atoms with Gasteiger partial charge in [0.25, 0.3) is 0 Å². The van der Waals surface area contributed by atoms with Gasteiger partial charge >= 0.3 is 5.69 Å². The summed E-state index contributed by atoms with van der Waals surface area (Å²) < 4.78 is 0. The number of rotatable bonds is 5.